The van der Waals surface area contributed by atoms with Crippen LogP contribution in [0.3, 0.4) is 0 Å². The Labute approximate surface area is 118 Å². The molecule has 114 valence electrons. The largest absolute Gasteiger partial charge is 0.416 e. The van der Waals surface area contributed by atoms with Gasteiger partial charge >= 0.3 is 6.18 Å². The number of hydrogen-bond donors (Lipinski definition) is 2. The maximum absolute atomic E-state index is 12.4. The monoisotopic (exact) mass is 289 g/mol. The minimum Gasteiger partial charge on any atom is -0.387 e. The van der Waals surface area contributed by atoms with E-state index in [1.165, 1.54) is 12.1 Å². The molecule has 0 spiro atoms. The number of β-amino-alcohol motifs (C(OH)–C–C–N with tert-alkyl or cyclic N) is 1. The summed E-state index contributed by atoms with van der Waals surface area (Å²) in [4.78, 5) is 0. The van der Waals surface area contributed by atoms with Crippen molar-refractivity contribution < 1.29 is 18.3 Å². The summed E-state index contributed by atoms with van der Waals surface area (Å²) in [6.07, 6.45) is -3.16. The van der Waals surface area contributed by atoms with Gasteiger partial charge in [-0.3, -0.25) is 0 Å². The first-order valence-corrected chi connectivity index (χ1v) is 6.76. The molecule has 0 fully saturated rings. The zero-order valence-electron chi connectivity index (χ0n) is 12.1. The smallest absolute Gasteiger partial charge is 0.387 e. The lowest BCUT2D eigenvalue weighted by molar-refractivity contribution is -0.137. The Morgan fingerprint density at radius 3 is 2.15 bits per heavy atom. The maximum Gasteiger partial charge on any atom is 0.416 e. The predicted molar refractivity (Wildman–Crippen MR) is 73.4 cm³/mol. The summed E-state index contributed by atoms with van der Waals surface area (Å²) in [6, 6.07) is 4.63. The van der Waals surface area contributed by atoms with Gasteiger partial charge in [0.1, 0.15) is 0 Å². The predicted octanol–water partition coefficient (Wildman–Crippen LogP) is 3.91. The van der Waals surface area contributed by atoms with Crippen LogP contribution in [0.15, 0.2) is 24.3 Å². The number of aliphatic hydroxyl groups excluding tert-OH is 1. The number of nitrogens with one attached hydrogen (secondary N) is 1. The van der Waals surface area contributed by atoms with Crippen molar-refractivity contribution in [2.24, 2.45) is 0 Å². The van der Waals surface area contributed by atoms with Crippen LogP contribution in [-0.4, -0.2) is 17.2 Å². The third kappa shape index (κ3) is 5.13. The zero-order chi connectivity index (χ0) is 15.4. The minimum absolute atomic E-state index is 0.0956. The number of aliphatic hydroxyl groups is 1. The number of halogens is 3. The molecule has 5 heteroatoms. The third-order valence-electron chi connectivity index (χ3n) is 3.27. The number of hydrogen-bond acceptors (Lipinski definition) is 2. The number of alkyl halides is 3. The average molecular weight is 289 g/mol. The first-order valence-electron chi connectivity index (χ1n) is 6.76. The summed E-state index contributed by atoms with van der Waals surface area (Å²) in [7, 11) is 0. The zero-order valence-corrected chi connectivity index (χ0v) is 12.1. The molecule has 1 atom stereocenters. The Morgan fingerprint density at radius 1 is 1.15 bits per heavy atom. The van der Waals surface area contributed by atoms with Crippen molar-refractivity contribution in [3.8, 4) is 0 Å². The van der Waals surface area contributed by atoms with E-state index in [4.69, 9.17) is 0 Å². The lowest BCUT2D eigenvalue weighted by Gasteiger charge is -2.27. The number of benzene rings is 1. The van der Waals surface area contributed by atoms with E-state index in [1.54, 1.807) is 0 Å². The lowest BCUT2D eigenvalue weighted by Crippen LogP contribution is -2.41. The van der Waals surface area contributed by atoms with E-state index in [0.29, 0.717) is 12.1 Å². The number of rotatable bonds is 6. The van der Waals surface area contributed by atoms with Crippen molar-refractivity contribution in [3.63, 3.8) is 0 Å². The second-order valence-electron chi connectivity index (χ2n) is 5.65. The van der Waals surface area contributed by atoms with Crippen LogP contribution in [0.2, 0.25) is 0 Å². The Balaban J connectivity index is 2.62. The average Bonchev–Trinajstić information content (AvgIpc) is 2.35. The van der Waals surface area contributed by atoms with Crippen molar-refractivity contribution in [2.75, 3.05) is 6.54 Å². The van der Waals surface area contributed by atoms with Gasteiger partial charge in [-0.15, -0.1) is 0 Å². The summed E-state index contributed by atoms with van der Waals surface area (Å²) < 4.78 is 37.3. The van der Waals surface area contributed by atoms with Crippen molar-refractivity contribution in [3.05, 3.63) is 35.4 Å². The van der Waals surface area contributed by atoms with Gasteiger partial charge in [0, 0.05) is 12.1 Å². The van der Waals surface area contributed by atoms with Crippen molar-refractivity contribution >= 4 is 0 Å². The summed E-state index contributed by atoms with van der Waals surface area (Å²) in [5.41, 5.74) is -0.313. The fourth-order valence-electron chi connectivity index (χ4n) is 2.10. The molecule has 1 aromatic carbocycles. The van der Waals surface area contributed by atoms with E-state index in [-0.39, 0.29) is 5.54 Å². The van der Waals surface area contributed by atoms with Crippen molar-refractivity contribution in [2.45, 2.75) is 51.4 Å². The highest BCUT2D eigenvalue weighted by molar-refractivity contribution is 5.26. The molecule has 0 aromatic heterocycles. The maximum atomic E-state index is 12.4. The van der Waals surface area contributed by atoms with Crippen LogP contribution in [0.5, 0.6) is 0 Å². The van der Waals surface area contributed by atoms with Gasteiger partial charge < -0.3 is 10.4 Å². The molecule has 1 unspecified atom stereocenters. The quantitative estimate of drug-likeness (QED) is 0.832. The molecule has 2 nitrogen and oxygen atoms in total. The van der Waals surface area contributed by atoms with Gasteiger partial charge in [0.25, 0.3) is 0 Å². The summed E-state index contributed by atoms with van der Waals surface area (Å²) in [5, 5.41) is 13.2. The second kappa shape index (κ2) is 6.59. The molecule has 1 rings (SSSR count). The van der Waals surface area contributed by atoms with Gasteiger partial charge in [-0.25, -0.2) is 0 Å². The Hall–Kier alpha value is -1.07. The molecule has 0 aliphatic heterocycles. The highest BCUT2D eigenvalue weighted by Gasteiger charge is 2.30. The van der Waals surface area contributed by atoms with Gasteiger partial charge in [0.2, 0.25) is 0 Å². The van der Waals surface area contributed by atoms with E-state index >= 15 is 0 Å². The van der Waals surface area contributed by atoms with Gasteiger partial charge in [0.05, 0.1) is 11.7 Å². The molecule has 0 bridgehead atoms. The van der Waals surface area contributed by atoms with Crippen molar-refractivity contribution in [1.82, 2.24) is 5.32 Å². The van der Waals surface area contributed by atoms with Crippen LogP contribution in [0.4, 0.5) is 13.2 Å². The van der Waals surface area contributed by atoms with Gasteiger partial charge in [-0.1, -0.05) is 25.5 Å². The van der Waals surface area contributed by atoms with E-state index < -0.39 is 17.8 Å². The van der Waals surface area contributed by atoms with Crippen LogP contribution in [0.25, 0.3) is 0 Å². The Bertz CT molecular complexity index is 412. The van der Waals surface area contributed by atoms with Crippen LogP contribution in [0.1, 0.15) is 50.8 Å². The van der Waals surface area contributed by atoms with Crippen LogP contribution in [-0.2, 0) is 6.18 Å². The Kier molecular flexibility index (Phi) is 5.59. The standard InChI is InChI=1S/C15H22F3NO/c1-4-9-14(2,3)19-10-13(20)11-5-7-12(8-6-11)15(16,17)18/h5-8,13,19-20H,4,9-10H2,1-3H3. The van der Waals surface area contributed by atoms with E-state index in [9.17, 15) is 18.3 Å². The van der Waals surface area contributed by atoms with Crippen LogP contribution >= 0.6 is 0 Å². The van der Waals surface area contributed by atoms with Crippen LogP contribution < -0.4 is 5.32 Å². The molecular weight excluding hydrogens is 267 g/mol. The minimum atomic E-state index is -4.34. The second-order valence-corrected chi connectivity index (χ2v) is 5.65. The molecular formula is C15H22F3NO. The van der Waals surface area contributed by atoms with Gasteiger partial charge in [-0.2, -0.15) is 13.2 Å². The molecule has 0 saturated carbocycles. The van der Waals surface area contributed by atoms with E-state index in [0.717, 1.165) is 25.0 Å². The van der Waals surface area contributed by atoms with Crippen LogP contribution in [0, 0.1) is 0 Å². The fourth-order valence-corrected chi connectivity index (χ4v) is 2.10. The summed E-state index contributed by atoms with van der Waals surface area (Å²) >= 11 is 0. The third-order valence-corrected chi connectivity index (χ3v) is 3.27. The van der Waals surface area contributed by atoms with Gasteiger partial charge in [0.15, 0.2) is 0 Å². The molecule has 1 aromatic rings. The van der Waals surface area contributed by atoms with E-state index in [1.807, 2.05) is 13.8 Å². The normalized spacial score (nSPS) is 14.3. The fraction of sp³-hybridized carbons (Fsp3) is 0.600. The van der Waals surface area contributed by atoms with E-state index in [2.05, 4.69) is 12.2 Å². The highest BCUT2D eigenvalue weighted by atomic mass is 19.4. The topological polar surface area (TPSA) is 32.3 Å². The molecule has 2 N–H and O–H groups in total. The first-order chi connectivity index (χ1) is 9.15. The molecule has 20 heavy (non-hydrogen) atoms. The SMILES string of the molecule is CCCC(C)(C)NCC(O)c1ccc(C(F)(F)F)cc1. The lowest BCUT2D eigenvalue weighted by atomic mass is 9.98. The summed E-state index contributed by atoms with van der Waals surface area (Å²) in [6.45, 7) is 6.47. The molecule has 0 heterocycles. The highest BCUT2D eigenvalue weighted by Crippen LogP contribution is 2.29. The van der Waals surface area contributed by atoms with Crippen molar-refractivity contribution in [1.29, 1.82) is 0 Å². The molecule has 0 amide bonds. The molecule has 0 aliphatic rings. The molecule has 0 saturated heterocycles. The summed E-state index contributed by atoms with van der Waals surface area (Å²) in [5.74, 6) is 0. The Morgan fingerprint density at radius 2 is 1.70 bits per heavy atom. The molecule has 0 radical (unpaired) electrons. The van der Waals surface area contributed by atoms with Gasteiger partial charge in [-0.05, 0) is 38.0 Å². The molecule has 0 aliphatic carbocycles. The first kappa shape index (κ1) is 17.0.